The van der Waals surface area contributed by atoms with E-state index in [1.54, 1.807) is 0 Å². The first kappa shape index (κ1) is 12.4. The molecule has 0 aromatic carbocycles. The van der Waals surface area contributed by atoms with Crippen molar-refractivity contribution < 1.29 is 14.8 Å². The first-order valence-electron chi connectivity index (χ1n) is 4.63. The fourth-order valence-corrected chi connectivity index (χ4v) is 1.50. The maximum Gasteiger partial charge on any atom is 0.409 e. The second-order valence-electron chi connectivity index (χ2n) is 3.13. The van der Waals surface area contributed by atoms with Crippen LogP contribution in [0.4, 0.5) is 5.82 Å². The lowest BCUT2D eigenvalue weighted by atomic mass is 10.3. The van der Waals surface area contributed by atoms with Gasteiger partial charge in [-0.3, -0.25) is 0 Å². The zero-order chi connectivity index (χ0) is 12.3. The summed E-state index contributed by atoms with van der Waals surface area (Å²) in [6, 6.07) is 0. The molecule has 1 N–H and O–H groups in total. The standard InChI is InChI=1S/C8H10ClN3O4/c1-2-3-4-11-6(8(13)14)5(9)7(10-11)12(15)16/h2-4H2,1H3,(H,13,14). The summed E-state index contributed by atoms with van der Waals surface area (Å²) >= 11 is 5.59. The van der Waals surface area contributed by atoms with E-state index in [-0.39, 0.29) is 5.69 Å². The second kappa shape index (κ2) is 4.93. The molecule has 0 bridgehead atoms. The van der Waals surface area contributed by atoms with E-state index in [1.807, 2.05) is 6.92 Å². The number of hydrogen-bond acceptors (Lipinski definition) is 4. The summed E-state index contributed by atoms with van der Waals surface area (Å²) in [6.07, 6.45) is 1.50. The quantitative estimate of drug-likeness (QED) is 0.633. The Labute approximate surface area is 95.8 Å². The van der Waals surface area contributed by atoms with E-state index in [0.717, 1.165) is 11.1 Å². The van der Waals surface area contributed by atoms with E-state index >= 15 is 0 Å². The maximum absolute atomic E-state index is 10.9. The SMILES string of the molecule is CCCCn1nc([N+](=O)[O-])c(Cl)c1C(=O)O. The molecule has 0 atom stereocenters. The molecule has 0 radical (unpaired) electrons. The minimum Gasteiger partial charge on any atom is -0.476 e. The fourth-order valence-electron chi connectivity index (χ4n) is 1.22. The Morgan fingerprint density at radius 3 is 2.75 bits per heavy atom. The minimum atomic E-state index is -1.32. The van der Waals surface area contributed by atoms with Crippen LogP contribution in [-0.4, -0.2) is 25.8 Å². The average molecular weight is 248 g/mol. The van der Waals surface area contributed by atoms with Crippen LogP contribution in [0, 0.1) is 10.1 Å². The number of unbranched alkanes of at least 4 members (excludes halogenated alkanes) is 1. The van der Waals surface area contributed by atoms with Crippen LogP contribution in [0.1, 0.15) is 30.3 Å². The Morgan fingerprint density at radius 2 is 2.31 bits per heavy atom. The lowest BCUT2D eigenvalue weighted by molar-refractivity contribution is -0.389. The molecule has 1 heterocycles. The number of carboxylic acids is 1. The number of halogens is 1. The highest BCUT2D eigenvalue weighted by Gasteiger charge is 2.30. The largest absolute Gasteiger partial charge is 0.476 e. The van der Waals surface area contributed by atoms with Crippen molar-refractivity contribution in [2.75, 3.05) is 0 Å². The summed E-state index contributed by atoms with van der Waals surface area (Å²) < 4.78 is 1.06. The van der Waals surface area contributed by atoms with E-state index in [0.29, 0.717) is 13.0 Å². The number of rotatable bonds is 5. The molecule has 0 fully saturated rings. The Kier molecular flexibility index (Phi) is 3.83. The number of nitrogens with zero attached hydrogens (tertiary/aromatic N) is 3. The molecule has 88 valence electrons. The van der Waals surface area contributed by atoms with Crippen LogP contribution in [0.2, 0.25) is 5.02 Å². The number of carbonyl (C=O) groups is 1. The van der Waals surface area contributed by atoms with Crippen LogP contribution < -0.4 is 0 Å². The van der Waals surface area contributed by atoms with E-state index in [9.17, 15) is 14.9 Å². The highest BCUT2D eigenvalue weighted by Crippen LogP contribution is 2.27. The summed E-state index contributed by atoms with van der Waals surface area (Å²) in [4.78, 5) is 20.6. The van der Waals surface area contributed by atoms with Crippen LogP contribution in [0.5, 0.6) is 0 Å². The average Bonchev–Trinajstić information content (AvgIpc) is 2.52. The van der Waals surface area contributed by atoms with Crippen molar-refractivity contribution in [3.63, 3.8) is 0 Å². The lowest BCUT2D eigenvalue weighted by Gasteiger charge is -1.97. The highest BCUT2D eigenvalue weighted by atomic mass is 35.5. The van der Waals surface area contributed by atoms with Crippen LogP contribution >= 0.6 is 11.6 Å². The van der Waals surface area contributed by atoms with Crippen molar-refractivity contribution in [1.82, 2.24) is 9.78 Å². The molecular formula is C8H10ClN3O4. The molecule has 1 aromatic rings. The maximum atomic E-state index is 10.9. The molecule has 0 spiro atoms. The Hall–Kier alpha value is -1.63. The number of aromatic carboxylic acids is 1. The normalized spacial score (nSPS) is 10.4. The first-order chi connectivity index (χ1) is 7.49. The molecule has 0 aliphatic heterocycles. The van der Waals surface area contributed by atoms with E-state index in [4.69, 9.17) is 16.7 Å². The van der Waals surface area contributed by atoms with E-state index < -0.39 is 21.7 Å². The minimum absolute atomic E-state index is 0.297. The van der Waals surface area contributed by atoms with Gasteiger partial charge in [0.15, 0.2) is 10.7 Å². The third kappa shape index (κ3) is 2.30. The zero-order valence-corrected chi connectivity index (χ0v) is 9.27. The first-order valence-corrected chi connectivity index (χ1v) is 5.00. The van der Waals surface area contributed by atoms with Gasteiger partial charge >= 0.3 is 11.8 Å². The van der Waals surface area contributed by atoms with Crippen molar-refractivity contribution in [3.05, 3.63) is 20.8 Å². The van der Waals surface area contributed by atoms with Gasteiger partial charge in [0.25, 0.3) is 0 Å². The van der Waals surface area contributed by atoms with Crippen molar-refractivity contribution in [2.45, 2.75) is 26.3 Å². The van der Waals surface area contributed by atoms with Crippen molar-refractivity contribution in [1.29, 1.82) is 0 Å². The van der Waals surface area contributed by atoms with Crippen LogP contribution in [0.25, 0.3) is 0 Å². The molecule has 0 saturated heterocycles. The highest BCUT2D eigenvalue weighted by molar-refractivity contribution is 6.35. The molecular weight excluding hydrogens is 238 g/mol. The number of aromatic nitrogens is 2. The molecule has 1 aromatic heterocycles. The van der Waals surface area contributed by atoms with Gasteiger partial charge in [-0.25, -0.2) is 4.79 Å². The van der Waals surface area contributed by atoms with Crippen molar-refractivity contribution in [3.8, 4) is 0 Å². The lowest BCUT2D eigenvalue weighted by Crippen LogP contribution is -2.10. The summed E-state index contributed by atoms with van der Waals surface area (Å²) in [5, 5.41) is 22.6. The van der Waals surface area contributed by atoms with Gasteiger partial charge in [-0.15, -0.1) is 0 Å². The molecule has 16 heavy (non-hydrogen) atoms. The number of carboxylic acid groups (broad SMARTS) is 1. The summed E-state index contributed by atoms with van der Waals surface area (Å²) in [5.74, 6) is -1.93. The molecule has 0 aliphatic rings. The van der Waals surface area contributed by atoms with Crippen LogP contribution in [0.15, 0.2) is 0 Å². The predicted octanol–water partition coefficient (Wildman–Crippen LogP) is 1.94. The van der Waals surface area contributed by atoms with Gasteiger partial charge in [-0.05, 0) is 11.3 Å². The third-order valence-electron chi connectivity index (χ3n) is 1.98. The van der Waals surface area contributed by atoms with Crippen LogP contribution in [0.3, 0.4) is 0 Å². The molecule has 0 amide bonds. The monoisotopic (exact) mass is 247 g/mol. The van der Waals surface area contributed by atoms with E-state index in [1.165, 1.54) is 0 Å². The molecule has 0 saturated carbocycles. The van der Waals surface area contributed by atoms with Gasteiger partial charge in [0.05, 0.1) is 11.6 Å². The summed E-state index contributed by atoms with van der Waals surface area (Å²) in [5.41, 5.74) is -0.332. The van der Waals surface area contributed by atoms with Crippen LogP contribution in [-0.2, 0) is 6.54 Å². The van der Waals surface area contributed by atoms with Crippen molar-refractivity contribution in [2.24, 2.45) is 0 Å². The molecule has 1 rings (SSSR count). The summed E-state index contributed by atoms with van der Waals surface area (Å²) in [6.45, 7) is 2.21. The third-order valence-corrected chi connectivity index (χ3v) is 2.32. The Bertz CT molecular complexity index is 429. The molecule has 0 unspecified atom stereocenters. The zero-order valence-electron chi connectivity index (χ0n) is 8.51. The molecule has 7 nitrogen and oxygen atoms in total. The van der Waals surface area contributed by atoms with Gasteiger partial charge in [0, 0.05) is 0 Å². The number of aryl methyl sites for hydroxylation is 1. The van der Waals surface area contributed by atoms with Gasteiger partial charge in [0.1, 0.15) is 0 Å². The Morgan fingerprint density at radius 1 is 1.69 bits per heavy atom. The Balaban J connectivity index is 3.20. The molecule has 8 heteroatoms. The van der Waals surface area contributed by atoms with Crippen molar-refractivity contribution >= 4 is 23.4 Å². The predicted molar refractivity (Wildman–Crippen MR) is 55.8 cm³/mol. The van der Waals surface area contributed by atoms with Gasteiger partial charge in [-0.2, -0.15) is 4.68 Å². The summed E-state index contributed by atoms with van der Waals surface area (Å²) in [7, 11) is 0. The second-order valence-corrected chi connectivity index (χ2v) is 3.50. The van der Waals surface area contributed by atoms with Gasteiger partial charge < -0.3 is 15.2 Å². The smallest absolute Gasteiger partial charge is 0.409 e. The number of hydrogen-bond donors (Lipinski definition) is 1. The topological polar surface area (TPSA) is 98.3 Å². The van der Waals surface area contributed by atoms with E-state index in [2.05, 4.69) is 5.10 Å². The van der Waals surface area contributed by atoms with Gasteiger partial charge in [0.2, 0.25) is 0 Å². The van der Waals surface area contributed by atoms with Gasteiger partial charge in [-0.1, -0.05) is 24.9 Å². The molecule has 0 aliphatic carbocycles. The number of nitro groups is 1. The fraction of sp³-hybridized carbons (Fsp3) is 0.500.